The molecule has 4 nitrogen and oxygen atoms in total. The SMILES string of the molecule is CC(C)(COc1ccc(Cl)cc1)C(CCN)n1ccnc1.Cl.Cl. The molecule has 1 aromatic heterocycles. The smallest absolute Gasteiger partial charge is 0.119 e. The maximum absolute atomic E-state index is 5.92. The van der Waals surface area contributed by atoms with Crippen LogP contribution in [-0.2, 0) is 0 Å². The Morgan fingerprint density at radius 3 is 2.43 bits per heavy atom. The number of imidazole rings is 1. The Morgan fingerprint density at radius 2 is 1.91 bits per heavy atom. The van der Waals surface area contributed by atoms with E-state index in [1.165, 1.54) is 0 Å². The van der Waals surface area contributed by atoms with E-state index < -0.39 is 0 Å². The maximum atomic E-state index is 5.92. The zero-order valence-corrected chi connectivity index (χ0v) is 15.7. The number of benzene rings is 1. The van der Waals surface area contributed by atoms with E-state index >= 15 is 0 Å². The molecule has 0 aliphatic heterocycles. The fourth-order valence-corrected chi connectivity index (χ4v) is 2.58. The molecule has 1 unspecified atom stereocenters. The van der Waals surface area contributed by atoms with Gasteiger partial charge in [0.1, 0.15) is 5.75 Å². The highest BCUT2D eigenvalue weighted by Gasteiger charge is 2.31. The summed E-state index contributed by atoms with van der Waals surface area (Å²) in [5.74, 6) is 0.824. The number of aromatic nitrogens is 2. The number of hydrogen-bond donors (Lipinski definition) is 1. The van der Waals surface area contributed by atoms with Crippen LogP contribution in [0.3, 0.4) is 0 Å². The number of nitrogens with two attached hydrogens (primary N) is 1. The summed E-state index contributed by atoms with van der Waals surface area (Å²) in [6.07, 6.45) is 6.49. The molecule has 0 radical (unpaired) electrons. The van der Waals surface area contributed by atoms with Crippen molar-refractivity contribution in [2.75, 3.05) is 13.2 Å². The molecule has 0 spiro atoms. The average molecular weight is 381 g/mol. The first kappa shape index (κ1) is 22.1. The van der Waals surface area contributed by atoms with E-state index in [2.05, 4.69) is 23.4 Å². The Morgan fingerprint density at radius 1 is 1.26 bits per heavy atom. The number of nitrogens with zero attached hydrogens (tertiary/aromatic N) is 2. The lowest BCUT2D eigenvalue weighted by atomic mass is 9.83. The van der Waals surface area contributed by atoms with Gasteiger partial charge in [-0.15, -0.1) is 24.8 Å². The molecule has 1 heterocycles. The van der Waals surface area contributed by atoms with E-state index in [9.17, 15) is 0 Å². The van der Waals surface area contributed by atoms with Gasteiger partial charge in [0, 0.05) is 28.9 Å². The minimum atomic E-state index is -0.0697. The summed E-state index contributed by atoms with van der Waals surface area (Å²) in [6.45, 7) is 5.59. The minimum Gasteiger partial charge on any atom is -0.493 e. The molecule has 0 bridgehead atoms. The van der Waals surface area contributed by atoms with Crippen LogP contribution in [0.1, 0.15) is 26.3 Å². The molecule has 2 aromatic rings. The Kier molecular flexibility index (Phi) is 9.63. The molecule has 0 amide bonds. The summed E-state index contributed by atoms with van der Waals surface area (Å²) in [4.78, 5) is 4.13. The van der Waals surface area contributed by atoms with E-state index in [-0.39, 0.29) is 36.3 Å². The van der Waals surface area contributed by atoms with Gasteiger partial charge in [-0.1, -0.05) is 25.4 Å². The van der Waals surface area contributed by atoms with E-state index in [1.54, 1.807) is 6.20 Å². The van der Waals surface area contributed by atoms with E-state index in [4.69, 9.17) is 22.1 Å². The van der Waals surface area contributed by atoms with Crippen LogP contribution >= 0.6 is 36.4 Å². The predicted octanol–water partition coefficient (Wildman–Crippen LogP) is 4.38. The monoisotopic (exact) mass is 379 g/mol. The third-order valence-corrected chi connectivity index (χ3v) is 3.90. The molecule has 7 heteroatoms. The van der Waals surface area contributed by atoms with Crippen molar-refractivity contribution in [1.29, 1.82) is 0 Å². The highest BCUT2D eigenvalue weighted by Crippen LogP contribution is 2.34. The van der Waals surface area contributed by atoms with Gasteiger partial charge in [0.2, 0.25) is 0 Å². The van der Waals surface area contributed by atoms with E-state index in [0.29, 0.717) is 18.2 Å². The standard InChI is InChI=1S/C16H22ClN3O.2ClH/c1-16(2,11-21-14-5-3-13(17)4-6-14)15(7-8-18)20-10-9-19-12-20;;/h3-6,9-10,12,15H,7-8,11,18H2,1-2H3;2*1H. The van der Waals surface area contributed by atoms with Crippen LogP contribution < -0.4 is 10.5 Å². The Bertz CT molecular complexity index is 544. The first-order chi connectivity index (χ1) is 10.0. The molecule has 1 aromatic carbocycles. The molecule has 2 rings (SSSR count). The number of halogens is 3. The lowest BCUT2D eigenvalue weighted by molar-refractivity contribution is 0.112. The normalized spacial score (nSPS) is 12.0. The van der Waals surface area contributed by atoms with Crippen molar-refractivity contribution in [2.45, 2.75) is 26.3 Å². The molecular formula is C16H24Cl3N3O. The van der Waals surface area contributed by atoms with Crippen LogP contribution in [0.5, 0.6) is 5.75 Å². The van der Waals surface area contributed by atoms with Crippen LogP contribution in [0, 0.1) is 5.41 Å². The number of hydrogen-bond acceptors (Lipinski definition) is 3. The van der Waals surface area contributed by atoms with Crippen molar-refractivity contribution in [3.63, 3.8) is 0 Å². The van der Waals surface area contributed by atoms with Crippen molar-refractivity contribution in [2.24, 2.45) is 11.1 Å². The summed E-state index contributed by atoms with van der Waals surface area (Å²) in [5.41, 5.74) is 5.70. The molecule has 0 aliphatic carbocycles. The second-order valence-corrected chi connectivity index (χ2v) is 6.27. The molecule has 1 atom stereocenters. The fraction of sp³-hybridized carbons (Fsp3) is 0.438. The van der Waals surface area contributed by atoms with Crippen LogP contribution in [-0.4, -0.2) is 22.7 Å². The molecule has 0 saturated carbocycles. The first-order valence-corrected chi connectivity index (χ1v) is 7.46. The van der Waals surface area contributed by atoms with Gasteiger partial charge in [0.25, 0.3) is 0 Å². The number of ether oxygens (including phenoxy) is 1. The maximum Gasteiger partial charge on any atom is 0.119 e. The highest BCUT2D eigenvalue weighted by molar-refractivity contribution is 6.30. The largest absolute Gasteiger partial charge is 0.493 e. The predicted molar refractivity (Wildman–Crippen MR) is 100 cm³/mol. The second kappa shape index (κ2) is 10.0. The Balaban J connectivity index is 0.00000242. The Hall–Kier alpha value is -0.940. The lowest BCUT2D eigenvalue weighted by Crippen LogP contribution is -2.34. The molecule has 0 saturated heterocycles. The van der Waals surface area contributed by atoms with E-state index in [0.717, 1.165) is 12.2 Å². The van der Waals surface area contributed by atoms with Crippen LogP contribution in [0.25, 0.3) is 0 Å². The second-order valence-electron chi connectivity index (χ2n) is 5.83. The van der Waals surface area contributed by atoms with Gasteiger partial charge >= 0.3 is 0 Å². The van der Waals surface area contributed by atoms with Gasteiger partial charge in [0.05, 0.1) is 12.9 Å². The fourth-order valence-electron chi connectivity index (χ4n) is 2.45. The van der Waals surface area contributed by atoms with Gasteiger partial charge in [-0.3, -0.25) is 0 Å². The quantitative estimate of drug-likeness (QED) is 0.775. The van der Waals surface area contributed by atoms with Gasteiger partial charge in [-0.25, -0.2) is 4.98 Å². The molecule has 23 heavy (non-hydrogen) atoms. The van der Waals surface area contributed by atoms with Crippen molar-refractivity contribution in [3.05, 3.63) is 48.0 Å². The molecule has 130 valence electrons. The van der Waals surface area contributed by atoms with Crippen molar-refractivity contribution >= 4 is 36.4 Å². The van der Waals surface area contributed by atoms with Crippen molar-refractivity contribution in [1.82, 2.24) is 9.55 Å². The zero-order chi connectivity index (χ0) is 15.3. The van der Waals surface area contributed by atoms with Crippen molar-refractivity contribution in [3.8, 4) is 5.75 Å². The molecule has 2 N–H and O–H groups in total. The lowest BCUT2D eigenvalue weighted by Gasteiger charge is -2.35. The summed E-state index contributed by atoms with van der Waals surface area (Å²) in [5, 5.41) is 0.709. The summed E-state index contributed by atoms with van der Waals surface area (Å²) >= 11 is 5.88. The summed E-state index contributed by atoms with van der Waals surface area (Å²) in [7, 11) is 0. The number of rotatable bonds is 7. The minimum absolute atomic E-state index is 0. The summed E-state index contributed by atoms with van der Waals surface area (Å²) < 4.78 is 8.03. The third-order valence-electron chi connectivity index (χ3n) is 3.65. The van der Waals surface area contributed by atoms with E-state index in [1.807, 2.05) is 36.8 Å². The Labute approximate surface area is 155 Å². The van der Waals surface area contributed by atoms with Gasteiger partial charge in [-0.05, 0) is 37.2 Å². The van der Waals surface area contributed by atoms with Crippen LogP contribution in [0.2, 0.25) is 5.02 Å². The summed E-state index contributed by atoms with van der Waals surface area (Å²) in [6, 6.07) is 7.67. The highest BCUT2D eigenvalue weighted by atomic mass is 35.5. The molecular weight excluding hydrogens is 357 g/mol. The first-order valence-electron chi connectivity index (χ1n) is 7.09. The van der Waals surface area contributed by atoms with Gasteiger partial charge in [0.15, 0.2) is 0 Å². The molecule has 0 fully saturated rings. The van der Waals surface area contributed by atoms with Crippen LogP contribution in [0.15, 0.2) is 43.0 Å². The topological polar surface area (TPSA) is 53.1 Å². The van der Waals surface area contributed by atoms with Crippen LogP contribution in [0.4, 0.5) is 0 Å². The zero-order valence-electron chi connectivity index (χ0n) is 13.3. The third kappa shape index (κ3) is 6.22. The van der Waals surface area contributed by atoms with Crippen molar-refractivity contribution < 1.29 is 4.74 Å². The van der Waals surface area contributed by atoms with Gasteiger partial charge in [-0.2, -0.15) is 0 Å². The molecule has 0 aliphatic rings. The van der Waals surface area contributed by atoms with Gasteiger partial charge < -0.3 is 15.0 Å². The average Bonchev–Trinajstić information content (AvgIpc) is 2.98.